The SMILES string of the molecule is [O][Br+3]([O-])([O-])[O-]. The van der Waals surface area contributed by atoms with E-state index in [0.717, 1.165) is 0 Å². The van der Waals surface area contributed by atoms with E-state index in [4.69, 9.17) is 16.8 Å². The molecule has 5 heteroatoms. The summed E-state index contributed by atoms with van der Waals surface area (Å²) < 4.78 is 34.3. The van der Waals surface area contributed by atoms with Crippen molar-refractivity contribution in [1.29, 1.82) is 0 Å². The van der Waals surface area contributed by atoms with Crippen molar-refractivity contribution in [1.82, 2.24) is 0 Å². The minimum Gasteiger partial charge on any atom is -0.224 e. The smallest absolute Gasteiger partial charge is 0.224 e. The van der Waals surface area contributed by atoms with Crippen LogP contribution in [0.25, 0.3) is 0 Å². The second-order valence-corrected chi connectivity index (χ2v) is 1.96. The third-order valence-corrected chi connectivity index (χ3v) is 0. The van der Waals surface area contributed by atoms with Gasteiger partial charge in [-0.3, -0.25) is 0 Å². The van der Waals surface area contributed by atoms with Crippen LogP contribution in [-0.2, 0) is 4.20 Å². The van der Waals surface area contributed by atoms with E-state index >= 15 is 0 Å². The molecule has 0 rings (SSSR count). The highest BCUT2D eigenvalue weighted by molar-refractivity contribution is 2.12. The van der Waals surface area contributed by atoms with Gasteiger partial charge in [0.25, 0.3) is 0 Å². The molecule has 4 nitrogen and oxygen atoms in total. The highest BCUT2D eigenvalue weighted by Gasteiger charge is 2.15. The zero-order valence-electron chi connectivity index (χ0n) is 2.01. The van der Waals surface area contributed by atoms with Gasteiger partial charge in [-0.05, 0) is 0 Å². The van der Waals surface area contributed by atoms with E-state index < -0.39 is 14.1 Å². The number of halogens is 1. The predicted octanol–water partition coefficient (Wildman–Crippen LogP) is -3.69. The lowest BCUT2D eigenvalue weighted by Crippen LogP contribution is -2.57. The van der Waals surface area contributed by atoms with Crippen molar-refractivity contribution in [2.24, 2.45) is 0 Å². The Morgan fingerprint density at radius 1 is 1.20 bits per heavy atom. The minimum absolute atomic E-state index is 5.62. The lowest BCUT2D eigenvalue weighted by molar-refractivity contribution is -1.93. The lowest BCUT2D eigenvalue weighted by atomic mass is 15.9. The zero-order valence-corrected chi connectivity index (χ0v) is 3.60. The molecule has 0 aliphatic heterocycles. The molecule has 0 aromatic carbocycles. The Morgan fingerprint density at radius 3 is 1.20 bits per heavy atom. The Bertz CT molecular complexity index is 19.1. The second kappa shape index (κ2) is 1.19. The molecule has 1 radical (unpaired) electrons. The van der Waals surface area contributed by atoms with Crippen molar-refractivity contribution in [3.8, 4) is 0 Å². The largest absolute Gasteiger partial charge is 0.341 e. The Hall–Kier alpha value is 0.320. The molecule has 0 aromatic rings. The topological polar surface area (TPSA) is 89.1 Å². The Labute approximate surface area is 31.8 Å². The van der Waals surface area contributed by atoms with Gasteiger partial charge in [0.1, 0.15) is 0 Å². The molecule has 0 aliphatic carbocycles. The molecule has 0 N–H and O–H groups in total. The van der Waals surface area contributed by atoms with E-state index in [1.54, 1.807) is 0 Å². The van der Waals surface area contributed by atoms with Gasteiger partial charge in [-0.1, -0.05) is 0 Å². The third kappa shape index (κ3) is 227. The molecule has 0 saturated carbocycles. The molecule has 0 bridgehead atoms. The summed E-state index contributed by atoms with van der Waals surface area (Å²) in [6, 6.07) is 0. The molecule has 0 aliphatic rings. The first-order chi connectivity index (χ1) is 2.00. The van der Waals surface area contributed by atoms with E-state index in [-0.39, 0.29) is 0 Å². The van der Waals surface area contributed by atoms with Crippen LogP contribution in [0.2, 0.25) is 0 Å². The predicted molar refractivity (Wildman–Crippen MR) is 0.686 cm³/mol. The summed E-state index contributed by atoms with van der Waals surface area (Å²) in [6.07, 6.45) is 0. The summed E-state index contributed by atoms with van der Waals surface area (Å²) in [4.78, 5) is 0. The zero-order chi connectivity index (χ0) is 4.50. The first-order valence-corrected chi connectivity index (χ1v) is 3.21. The second-order valence-electron chi connectivity index (χ2n) is 0.378. The first kappa shape index (κ1) is 5.32. The van der Waals surface area contributed by atoms with Crippen LogP contribution in [0.5, 0.6) is 0 Å². The quantitative estimate of drug-likeness (QED) is 0.350. The average molecular weight is 144 g/mol. The third-order valence-electron chi connectivity index (χ3n) is 0. The number of hydrogen-bond donors (Lipinski definition) is 0. The molecule has 5 heavy (non-hydrogen) atoms. The molecule has 0 fully saturated rings. The molecule has 31 valence electrons. The fourth-order valence-electron chi connectivity index (χ4n) is 0. The van der Waals surface area contributed by atoms with Gasteiger partial charge in [-0.15, -0.1) is 0 Å². The lowest BCUT2D eigenvalue weighted by Gasteiger charge is -1.90. The van der Waals surface area contributed by atoms with Crippen LogP contribution >= 0.6 is 0 Å². The van der Waals surface area contributed by atoms with Gasteiger partial charge in [0.2, 0.25) is 0 Å². The highest BCUT2D eigenvalue weighted by atomic mass is 80.0. The molecule has 0 spiro atoms. The summed E-state index contributed by atoms with van der Waals surface area (Å²) in [5.41, 5.74) is 0. The Kier molecular flexibility index (Phi) is 1.27. The van der Waals surface area contributed by atoms with Crippen LogP contribution in [0.1, 0.15) is 0 Å². The number of hydrogen-bond acceptors (Lipinski definition) is 3. The van der Waals surface area contributed by atoms with E-state index in [1.807, 2.05) is 0 Å². The highest BCUT2D eigenvalue weighted by Crippen LogP contribution is 1.63. The average Bonchev–Trinajstić information content (AvgIpc) is 0.722. The van der Waals surface area contributed by atoms with Crippen molar-refractivity contribution in [2.45, 2.75) is 0 Å². The summed E-state index contributed by atoms with van der Waals surface area (Å²) in [5.74, 6) is 0. The van der Waals surface area contributed by atoms with Crippen LogP contribution in [0.3, 0.4) is 0 Å². The fraction of sp³-hybridized carbons (Fsp3) is 0. The van der Waals surface area contributed by atoms with Crippen LogP contribution in [0.15, 0.2) is 0 Å². The van der Waals surface area contributed by atoms with Gasteiger partial charge in [0, 0.05) is 0 Å². The van der Waals surface area contributed by atoms with Crippen molar-refractivity contribution in [3.63, 3.8) is 0 Å². The Morgan fingerprint density at radius 2 is 1.20 bits per heavy atom. The van der Waals surface area contributed by atoms with Gasteiger partial charge in [-0.2, -0.15) is 0 Å². The summed E-state index contributed by atoms with van der Waals surface area (Å²) >= 11 is -5.62. The standard InChI is InChI=1S/BrO4/c2-1(3,4)5. The maximum atomic E-state index is 8.58. The summed E-state index contributed by atoms with van der Waals surface area (Å²) in [6.45, 7) is 0. The summed E-state index contributed by atoms with van der Waals surface area (Å²) in [5, 5.41) is 0. The maximum absolute atomic E-state index is 8.58. The van der Waals surface area contributed by atoms with Crippen LogP contribution in [-0.4, -0.2) is 0 Å². The van der Waals surface area contributed by atoms with Gasteiger partial charge in [-0.25, -0.2) is 12.6 Å². The van der Waals surface area contributed by atoms with Crippen LogP contribution < -0.4 is 12.6 Å². The first-order valence-electron chi connectivity index (χ1n) is 0.617. The van der Waals surface area contributed by atoms with Crippen molar-refractivity contribution < 1.29 is 30.9 Å². The molecular formula is BrO4. The summed E-state index contributed by atoms with van der Waals surface area (Å²) in [7, 11) is 0. The van der Waals surface area contributed by atoms with Crippen molar-refractivity contribution in [3.05, 3.63) is 0 Å². The maximum Gasteiger partial charge on any atom is 0.341 e. The van der Waals surface area contributed by atoms with Gasteiger partial charge in [0.05, 0.1) is 0 Å². The van der Waals surface area contributed by atoms with Crippen molar-refractivity contribution in [2.75, 3.05) is 0 Å². The number of rotatable bonds is 0. The van der Waals surface area contributed by atoms with Crippen LogP contribution in [0, 0.1) is 14.1 Å². The fourth-order valence-corrected chi connectivity index (χ4v) is 0. The molecule has 0 heterocycles. The molecule has 0 atom stereocenters. The van der Waals surface area contributed by atoms with Gasteiger partial charge in [0.15, 0.2) is 0 Å². The molecule has 0 unspecified atom stereocenters. The van der Waals surface area contributed by atoms with Gasteiger partial charge >= 0.3 is 18.3 Å². The normalized spacial score (nSPS) is 12.0. The molecule has 0 amide bonds. The molecular weight excluding hydrogens is 144 g/mol. The van der Waals surface area contributed by atoms with E-state index in [9.17, 15) is 0 Å². The monoisotopic (exact) mass is 143 g/mol. The van der Waals surface area contributed by atoms with Crippen molar-refractivity contribution >= 4 is 0 Å². The van der Waals surface area contributed by atoms with Gasteiger partial charge < -0.3 is 0 Å². The van der Waals surface area contributed by atoms with Crippen LogP contribution in [0.4, 0.5) is 0 Å². The van der Waals surface area contributed by atoms with E-state index in [0.29, 0.717) is 0 Å². The molecule has 0 aromatic heterocycles. The molecule has 0 saturated heterocycles. The van der Waals surface area contributed by atoms with E-state index in [2.05, 4.69) is 0 Å². The van der Waals surface area contributed by atoms with E-state index in [1.165, 1.54) is 0 Å². The minimum atomic E-state index is -5.62. The Balaban J connectivity index is 3.02.